The van der Waals surface area contributed by atoms with E-state index in [0.29, 0.717) is 24.9 Å². The van der Waals surface area contributed by atoms with Crippen molar-refractivity contribution in [2.24, 2.45) is 0 Å². The third-order valence-corrected chi connectivity index (χ3v) is 6.17. The van der Waals surface area contributed by atoms with E-state index in [2.05, 4.69) is 40.5 Å². The summed E-state index contributed by atoms with van der Waals surface area (Å²) in [5.74, 6) is 0.761. The van der Waals surface area contributed by atoms with Gasteiger partial charge in [0.2, 0.25) is 5.91 Å². The molecule has 3 fully saturated rings. The Hall–Kier alpha value is -1.46. The largest absolute Gasteiger partial charge is 0.338 e. The standard InChI is InChI=1S/C20H28FN3O/c21-17-8-11-24(14-17)20(25)19-12-18(13-22-19)23-9-6-16(7-10-23)15-4-2-1-3-5-15/h1-5,16-19,22H,6-14H2/t17?,18-,19-/m0/s1. The summed E-state index contributed by atoms with van der Waals surface area (Å²) in [7, 11) is 0. The van der Waals surface area contributed by atoms with Gasteiger partial charge in [-0.2, -0.15) is 0 Å². The number of likely N-dealkylation sites (tertiary alicyclic amines) is 2. The molecule has 4 rings (SSSR count). The van der Waals surface area contributed by atoms with Crippen LogP contribution in [0.2, 0.25) is 0 Å². The maximum absolute atomic E-state index is 13.3. The molecule has 0 aliphatic carbocycles. The molecule has 1 N–H and O–H groups in total. The topological polar surface area (TPSA) is 35.6 Å². The first-order valence-corrected chi connectivity index (χ1v) is 9.66. The highest BCUT2D eigenvalue weighted by Gasteiger charge is 2.38. The molecule has 1 amide bonds. The molecule has 5 heteroatoms. The van der Waals surface area contributed by atoms with Crippen LogP contribution >= 0.6 is 0 Å². The monoisotopic (exact) mass is 345 g/mol. The molecule has 3 atom stereocenters. The van der Waals surface area contributed by atoms with Crippen molar-refractivity contribution >= 4 is 5.91 Å². The Bertz CT molecular complexity index is 588. The van der Waals surface area contributed by atoms with Crippen molar-refractivity contribution < 1.29 is 9.18 Å². The number of hydrogen-bond acceptors (Lipinski definition) is 3. The van der Waals surface area contributed by atoms with Gasteiger partial charge in [0.15, 0.2) is 0 Å². The van der Waals surface area contributed by atoms with Crippen LogP contribution in [0.3, 0.4) is 0 Å². The minimum Gasteiger partial charge on any atom is -0.338 e. The van der Waals surface area contributed by atoms with Gasteiger partial charge in [-0.25, -0.2) is 4.39 Å². The molecule has 0 radical (unpaired) electrons. The lowest BCUT2D eigenvalue weighted by atomic mass is 9.89. The molecule has 3 aliphatic rings. The lowest BCUT2D eigenvalue weighted by molar-refractivity contribution is -0.132. The Morgan fingerprint density at radius 3 is 2.52 bits per heavy atom. The number of amides is 1. The van der Waals surface area contributed by atoms with Crippen LogP contribution in [0.1, 0.15) is 37.2 Å². The number of halogens is 1. The number of carbonyl (C=O) groups excluding carboxylic acids is 1. The summed E-state index contributed by atoms with van der Waals surface area (Å²) in [5, 5.41) is 3.38. The van der Waals surface area contributed by atoms with Crippen molar-refractivity contribution in [3.8, 4) is 0 Å². The maximum atomic E-state index is 13.3. The van der Waals surface area contributed by atoms with E-state index in [4.69, 9.17) is 0 Å². The fourth-order valence-electron chi connectivity index (χ4n) is 4.64. The van der Waals surface area contributed by atoms with E-state index in [1.165, 1.54) is 18.4 Å². The Balaban J connectivity index is 1.28. The predicted octanol–water partition coefficient (Wildman–Crippen LogP) is 2.17. The lowest BCUT2D eigenvalue weighted by Crippen LogP contribution is -2.43. The van der Waals surface area contributed by atoms with E-state index >= 15 is 0 Å². The molecular weight excluding hydrogens is 317 g/mol. The smallest absolute Gasteiger partial charge is 0.239 e. The Kier molecular flexibility index (Phi) is 5.04. The third-order valence-electron chi connectivity index (χ3n) is 6.17. The van der Waals surface area contributed by atoms with E-state index in [9.17, 15) is 9.18 Å². The highest BCUT2D eigenvalue weighted by Crippen LogP contribution is 2.30. The van der Waals surface area contributed by atoms with E-state index in [0.717, 1.165) is 26.1 Å². The number of alkyl halides is 1. The summed E-state index contributed by atoms with van der Waals surface area (Å²) in [6, 6.07) is 11.1. The van der Waals surface area contributed by atoms with Crippen molar-refractivity contribution in [3.05, 3.63) is 35.9 Å². The van der Waals surface area contributed by atoms with Crippen molar-refractivity contribution in [1.29, 1.82) is 0 Å². The summed E-state index contributed by atoms with van der Waals surface area (Å²) >= 11 is 0. The van der Waals surface area contributed by atoms with Crippen LogP contribution in [-0.2, 0) is 4.79 Å². The van der Waals surface area contributed by atoms with E-state index in [1.54, 1.807) is 4.90 Å². The molecule has 1 aromatic carbocycles. The Labute approximate surface area is 149 Å². The van der Waals surface area contributed by atoms with Crippen LogP contribution < -0.4 is 5.32 Å². The molecule has 25 heavy (non-hydrogen) atoms. The molecule has 0 saturated carbocycles. The summed E-state index contributed by atoms with van der Waals surface area (Å²) in [4.78, 5) is 16.8. The highest BCUT2D eigenvalue weighted by atomic mass is 19.1. The number of piperidine rings is 1. The predicted molar refractivity (Wildman–Crippen MR) is 96.3 cm³/mol. The summed E-state index contributed by atoms with van der Waals surface area (Å²) in [5.41, 5.74) is 1.45. The molecule has 4 nitrogen and oxygen atoms in total. The minimum atomic E-state index is -0.835. The van der Waals surface area contributed by atoms with Gasteiger partial charge in [0.05, 0.1) is 12.6 Å². The van der Waals surface area contributed by atoms with Gasteiger partial charge in [-0.05, 0) is 50.3 Å². The molecule has 136 valence electrons. The second kappa shape index (κ2) is 7.42. The quantitative estimate of drug-likeness (QED) is 0.912. The number of benzene rings is 1. The second-order valence-corrected chi connectivity index (χ2v) is 7.74. The number of rotatable bonds is 3. The van der Waals surface area contributed by atoms with Crippen LogP contribution in [0.15, 0.2) is 30.3 Å². The van der Waals surface area contributed by atoms with Crippen molar-refractivity contribution in [2.75, 3.05) is 32.7 Å². The normalized spacial score (nSPS) is 31.6. The van der Waals surface area contributed by atoms with Crippen LogP contribution in [0.5, 0.6) is 0 Å². The molecule has 0 spiro atoms. The van der Waals surface area contributed by atoms with Crippen LogP contribution in [0.4, 0.5) is 4.39 Å². The average molecular weight is 345 g/mol. The van der Waals surface area contributed by atoms with Crippen molar-refractivity contribution in [1.82, 2.24) is 15.1 Å². The average Bonchev–Trinajstić information content (AvgIpc) is 3.31. The lowest BCUT2D eigenvalue weighted by Gasteiger charge is -2.36. The highest BCUT2D eigenvalue weighted by molar-refractivity contribution is 5.82. The van der Waals surface area contributed by atoms with Crippen molar-refractivity contribution in [3.63, 3.8) is 0 Å². The summed E-state index contributed by atoms with van der Waals surface area (Å²) in [6.45, 7) is 3.93. The first-order chi connectivity index (χ1) is 12.2. The first kappa shape index (κ1) is 17.0. The number of carbonyl (C=O) groups is 1. The summed E-state index contributed by atoms with van der Waals surface area (Å²) in [6.07, 6.45) is 2.90. The zero-order valence-electron chi connectivity index (χ0n) is 14.7. The number of hydrogen-bond donors (Lipinski definition) is 1. The van der Waals surface area contributed by atoms with Gasteiger partial charge in [0.1, 0.15) is 6.17 Å². The zero-order chi connectivity index (χ0) is 17.2. The van der Waals surface area contributed by atoms with Gasteiger partial charge in [-0.15, -0.1) is 0 Å². The van der Waals surface area contributed by atoms with Gasteiger partial charge in [0.25, 0.3) is 0 Å². The zero-order valence-corrected chi connectivity index (χ0v) is 14.7. The number of nitrogens with zero attached hydrogens (tertiary/aromatic N) is 2. The fourth-order valence-corrected chi connectivity index (χ4v) is 4.64. The third kappa shape index (κ3) is 3.72. The molecular formula is C20H28FN3O. The second-order valence-electron chi connectivity index (χ2n) is 7.74. The molecule has 1 aromatic rings. The van der Waals surface area contributed by atoms with Gasteiger partial charge in [-0.1, -0.05) is 30.3 Å². The fraction of sp³-hybridized carbons (Fsp3) is 0.650. The van der Waals surface area contributed by atoms with E-state index in [-0.39, 0.29) is 18.5 Å². The van der Waals surface area contributed by atoms with Crippen LogP contribution in [-0.4, -0.2) is 66.7 Å². The first-order valence-electron chi connectivity index (χ1n) is 9.66. The van der Waals surface area contributed by atoms with Crippen molar-refractivity contribution in [2.45, 2.75) is 49.9 Å². The number of nitrogens with one attached hydrogen (secondary N) is 1. The van der Waals surface area contributed by atoms with Gasteiger partial charge in [-0.3, -0.25) is 9.69 Å². The molecule has 1 unspecified atom stereocenters. The van der Waals surface area contributed by atoms with Crippen LogP contribution in [0, 0.1) is 0 Å². The molecule has 0 bridgehead atoms. The SMILES string of the molecule is O=C([C@@H]1C[C@H](N2CCC(c3ccccc3)CC2)CN1)N1CCC(F)C1. The van der Waals surface area contributed by atoms with E-state index in [1.807, 2.05) is 0 Å². The molecule has 3 saturated heterocycles. The van der Waals surface area contributed by atoms with Gasteiger partial charge in [0, 0.05) is 19.1 Å². The molecule has 3 heterocycles. The van der Waals surface area contributed by atoms with Gasteiger partial charge < -0.3 is 10.2 Å². The Morgan fingerprint density at radius 2 is 1.84 bits per heavy atom. The maximum Gasteiger partial charge on any atom is 0.239 e. The van der Waals surface area contributed by atoms with E-state index < -0.39 is 6.17 Å². The van der Waals surface area contributed by atoms with Gasteiger partial charge >= 0.3 is 0 Å². The summed E-state index contributed by atoms with van der Waals surface area (Å²) < 4.78 is 13.3. The van der Waals surface area contributed by atoms with Crippen LogP contribution in [0.25, 0.3) is 0 Å². The Morgan fingerprint density at radius 1 is 1.08 bits per heavy atom. The molecule has 3 aliphatic heterocycles. The minimum absolute atomic E-state index is 0.0989. The molecule has 0 aromatic heterocycles.